The summed E-state index contributed by atoms with van der Waals surface area (Å²) in [4.78, 5) is 22.5. The number of carbonyl (C=O) groups is 1. The largest absolute Gasteiger partial charge is 0.439 e. The molecule has 0 radical (unpaired) electrons. The Morgan fingerprint density at radius 1 is 1.28 bits per heavy atom. The van der Waals surface area contributed by atoms with Gasteiger partial charge in [0.05, 0.1) is 6.20 Å². The van der Waals surface area contributed by atoms with E-state index in [1.165, 1.54) is 5.56 Å². The van der Waals surface area contributed by atoms with Crippen molar-refractivity contribution in [3.05, 3.63) is 41.9 Å². The zero-order valence-electron chi connectivity index (χ0n) is 17.1. The van der Waals surface area contributed by atoms with Gasteiger partial charge in [-0.15, -0.1) is 24.0 Å². The van der Waals surface area contributed by atoms with Crippen LogP contribution in [0, 0.1) is 6.92 Å². The van der Waals surface area contributed by atoms with Gasteiger partial charge in [0.15, 0.2) is 11.7 Å². The molecule has 8 heteroatoms. The Morgan fingerprint density at radius 2 is 2.07 bits per heavy atom. The second-order valence-corrected chi connectivity index (χ2v) is 6.94. The predicted octanol–water partition coefficient (Wildman–Crippen LogP) is 3.34. The third kappa shape index (κ3) is 7.02. The number of aryl methyl sites for hydroxylation is 1. The predicted molar refractivity (Wildman–Crippen MR) is 125 cm³/mol. The number of nitrogens with one attached hydrogen (secondary N) is 2. The monoisotopic (exact) mass is 511 g/mol. The summed E-state index contributed by atoms with van der Waals surface area (Å²) in [6, 6.07) is 8.16. The standard InChI is InChI=1S/C21H29N5O2.HI/c1-3-22-21(23-11-5-13-26-12-4-6-20(26)27)25-15-19-24-14-18(28-19)17-9-7-16(2)8-10-17;/h7-10,14H,3-6,11-13,15H2,1-2H3,(H2,22,23,25);1H. The maximum atomic E-state index is 11.6. The van der Waals surface area contributed by atoms with Gasteiger partial charge in [0.2, 0.25) is 11.8 Å². The highest BCUT2D eigenvalue weighted by atomic mass is 127. The minimum Gasteiger partial charge on any atom is -0.439 e. The first-order valence-corrected chi connectivity index (χ1v) is 9.97. The second kappa shape index (κ2) is 11.8. The highest BCUT2D eigenvalue weighted by Crippen LogP contribution is 2.21. The van der Waals surface area contributed by atoms with E-state index in [1.807, 2.05) is 24.0 Å². The van der Waals surface area contributed by atoms with Crippen molar-refractivity contribution in [3.8, 4) is 11.3 Å². The molecule has 0 saturated carbocycles. The zero-order valence-corrected chi connectivity index (χ0v) is 19.4. The molecule has 1 amide bonds. The molecule has 1 fully saturated rings. The van der Waals surface area contributed by atoms with Gasteiger partial charge in [-0.1, -0.05) is 29.8 Å². The van der Waals surface area contributed by atoms with Gasteiger partial charge in [-0.05, 0) is 26.7 Å². The number of nitrogens with zero attached hydrogens (tertiary/aromatic N) is 3. The first-order chi connectivity index (χ1) is 13.7. The summed E-state index contributed by atoms with van der Waals surface area (Å²) in [6.07, 6.45) is 4.31. The van der Waals surface area contributed by atoms with E-state index < -0.39 is 0 Å². The quantitative estimate of drug-likeness (QED) is 0.246. The van der Waals surface area contributed by atoms with Crippen LogP contribution in [0.2, 0.25) is 0 Å². The molecule has 1 aromatic carbocycles. The average molecular weight is 511 g/mol. The molecule has 0 atom stereocenters. The van der Waals surface area contributed by atoms with E-state index in [4.69, 9.17) is 4.42 Å². The summed E-state index contributed by atoms with van der Waals surface area (Å²) >= 11 is 0. The fourth-order valence-electron chi connectivity index (χ4n) is 3.14. The van der Waals surface area contributed by atoms with Crippen molar-refractivity contribution in [3.63, 3.8) is 0 Å². The maximum Gasteiger partial charge on any atom is 0.222 e. The van der Waals surface area contributed by atoms with Crippen LogP contribution >= 0.6 is 24.0 Å². The van der Waals surface area contributed by atoms with Gasteiger partial charge in [0.1, 0.15) is 6.54 Å². The Hall–Kier alpha value is -2.10. The van der Waals surface area contributed by atoms with Crippen molar-refractivity contribution >= 4 is 35.8 Å². The summed E-state index contributed by atoms with van der Waals surface area (Å²) in [5.74, 6) is 2.33. The molecule has 1 aliphatic heterocycles. The topological polar surface area (TPSA) is 82.8 Å². The number of aliphatic imine (C=N–C) groups is 1. The number of aromatic nitrogens is 1. The molecule has 3 rings (SSSR count). The molecule has 158 valence electrons. The van der Waals surface area contributed by atoms with E-state index in [2.05, 4.69) is 39.7 Å². The lowest BCUT2D eigenvalue weighted by Gasteiger charge is -2.16. The number of hydrogen-bond acceptors (Lipinski definition) is 4. The summed E-state index contributed by atoms with van der Waals surface area (Å²) in [7, 11) is 0. The van der Waals surface area contributed by atoms with Gasteiger partial charge in [-0.3, -0.25) is 4.79 Å². The highest BCUT2D eigenvalue weighted by molar-refractivity contribution is 14.0. The third-order valence-corrected chi connectivity index (χ3v) is 4.67. The molecule has 1 aliphatic rings. The molecule has 0 bridgehead atoms. The normalized spacial score (nSPS) is 14.1. The van der Waals surface area contributed by atoms with Crippen molar-refractivity contribution in [1.29, 1.82) is 0 Å². The Bertz CT molecular complexity index is 804. The van der Waals surface area contributed by atoms with Crippen LogP contribution in [-0.2, 0) is 11.3 Å². The Balaban J connectivity index is 0.00000300. The molecular weight excluding hydrogens is 481 g/mol. The van der Waals surface area contributed by atoms with Gasteiger partial charge in [-0.2, -0.15) is 0 Å². The first-order valence-electron chi connectivity index (χ1n) is 9.97. The summed E-state index contributed by atoms with van der Waals surface area (Å²) in [5, 5.41) is 6.53. The van der Waals surface area contributed by atoms with Gasteiger partial charge >= 0.3 is 0 Å². The van der Waals surface area contributed by atoms with E-state index in [1.54, 1.807) is 6.20 Å². The number of oxazole rings is 1. The molecule has 29 heavy (non-hydrogen) atoms. The van der Waals surface area contributed by atoms with Crippen LogP contribution in [0.25, 0.3) is 11.3 Å². The number of halogens is 1. The van der Waals surface area contributed by atoms with Crippen molar-refractivity contribution in [1.82, 2.24) is 20.5 Å². The number of carbonyl (C=O) groups excluding carboxylic acids is 1. The number of guanidine groups is 1. The van der Waals surface area contributed by atoms with Gasteiger partial charge in [0, 0.05) is 38.2 Å². The van der Waals surface area contributed by atoms with E-state index >= 15 is 0 Å². The SMILES string of the molecule is CCNC(=NCc1ncc(-c2ccc(C)cc2)o1)NCCCN1CCCC1=O.I. The highest BCUT2D eigenvalue weighted by Gasteiger charge is 2.18. The number of amides is 1. The van der Waals surface area contributed by atoms with Crippen LogP contribution in [0.5, 0.6) is 0 Å². The molecular formula is C21H30IN5O2. The van der Waals surface area contributed by atoms with Gasteiger partial charge < -0.3 is 20.0 Å². The van der Waals surface area contributed by atoms with Crippen molar-refractivity contribution in [2.24, 2.45) is 4.99 Å². The molecule has 1 aromatic heterocycles. The lowest BCUT2D eigenvalue weighted by molar-refractivity contribution is -0.127. The lowest BCUT2D eigenvalue weighted by atomic mass is 10.1. The summed E-state index contributed by atoms with van der Waals surface area (Å²) in [6.45, 7) is 7.67. The van der Waals surface area contributed by atoms with Gasteiger partial charge in [-0.25, -0.2) is 9.98 Å². The molecule has 0 unspecified atom stereocenters. The molecule has 0 spiro atoms. The van der Waals surface area contributed by atoms with E-state index in [-0.39, 0.29) is 29.9 Å². The van der Waals surface area contributed by atoms with E-state index in [0.29, 0.717) is 18.9 Å². The fourth-order valence-corrected chi connectivity index (χ4v) is 3.14. The summed E-state index contributed by atoms with van der Waals surface area (Å²) < 4.78 is 5.83. The third-order valence-electron chi connectivity index (χ3n) is 4.67. The van der Waals surface area contributed by atoms with Crippen LogP contribution in [0.3, 0.4) is 0 Å². The average Bonchev–Trinajstić information content (AvgIpc) is 3.33. The van der Waals surface area contributed by atoms with Crippen LogP contribution in [-0.4, -0.2) is 47.9 Å². The van der Waals surface area contributed by atoms with E-state index in [0.717, 1.165) is 56.3 Å². The second-order valence-electron chi connectivity index (χ2n) is 6.94. The molecule has 2 heterocycles. The molecule has 1 saturated heterocycles. The van der Waals surface area contributed by atoms with Gasteiger partial charge in [0.25, 0.3) is 0 Å². The van der Waals surface area contributed by atoms with Crippen molar-refractivity contribution < 1.29 is 9.21 Å². The Kier molecular flexibility index (Phi) is 9.43. The molecule has 2 aromatic rings. The summed E-state index contributed by atoms with van der Waals surface area (Å²) in [5.41, 5.74) is 2.22. The molecule has 0 aliphatic carbocycles. The number of hydrogen-bond donors (Lipinski definition) is 2. The number of rotatable bonds is 8. The van der Waals surface area contributed by atoms with Crippen LogP contribution in [0.1, 0.15) is 37.6 Å². The zero-order chi connectivity index (χ0) is 19.8. The van der Waals surface area contributed by atoms with Crippen LogP contribution in [0.4, 0.5) is 0 Å². The molecule has 7 nitrogen and oxygen atoms in total. The minimum absolute atomic E-state index is 0. The Labute approximate surface area is 189 Å². The number of benzene rings is 1. The van der Waals surface area contributed by atoms with E-state index in [9.17, 15) is 4.79 Å². The van der Waals surface area contributed by atoms with Crippen LogP contribution in [0.15, 0.2) is 39.9 Å². The maximum absolute atomic E-state index is 11.6. The minimum atomic E-state index is 0. The first kappa shape index (κ1) is 23.2. The smallest absolute Gasteiger partial charge is 0.222 e. The lowest BCUT2D eigenvalue weighted by Crippen LogP contribution is -2.39. The molecule has 2 N–H and O–H groups in total. The van der Waals surface area contributed by atoms with Crippen molar-refractivity contribution in [2.75, 3.05) is 26.2 Å². The van der Waals surface area contributed by atoms with Crippen LogP contribution < -0.4 is 10.6 Å². The van der Waals surface area contributed by atoms with Crippen molar-refractivity contribution in [2.45, 2.75) is 39.7 Å². The fraction of sp³-hybridized carbons (Fsp3) is 0.476. The Morgan fingerprint density at radius 3 is 2.76 bits per heavy atom. The number of likely N-dealkylation sites (tertiary alicyclic amines) is 1.